The number of hydrogen-bond acceptors (Lipinski definition) is 2. The molecule has 0 aliphatic heterocycles. The maximum absolute atomic E-state index is 5.77. The van der Waals surface area contributed by atoms with Gasteiger partial charge in [0.05, 0.1) is 0 Å². The minimum atomic E-state index is -0.284. The number of halogens is 1. The van der Waals surface area contributed by atoms with Crippen LogP contribution < -0.4 is 10.5 Å². The first-order valence-corrected chi connectivity index (χ1v) is 5.12. The summed E-state index contributed by atoms with van der Waals surface area (Å²) in [7, 11) is 0. The minimum Gasteiger partial charge on any atom is -0.486 e. The second-order valence-corrected chi connectivity index (χ2v) is 4.00. The van der Waals surface area contributed by atoms with E-state index in [9.17, 15) is 0 Å². The van der Waals surface area contributed by atoms with E-state index in [-0.39, 0.29) is 5.60 Å². The average molecular weight is 214 g/mol. The van der Waals surface area contributed by atoms with Gasteiger partial charge < -0.3 is 10.5 Å². The topological polar surface area (TPSA) is 35.2 Å². The van der Waals surface area contributed by atoms with Gasteiger partial charge in [0.15, 0.2) is 0 Å². The standard InChI is InChI=1S/C11H16ClNO/c1-3-11(2,8-13)14-10-6-4-9(12)5-7-10/h4-7H,3,8,13H2,1-2H3. The smallest absolute Gasteiger partial charge is 0.120 e. The van der Waals surface area contributed by atoms with Crippen LogP contribution in [-0.4, -0.2) is 12.1 Å². The molecule has 1 unspecified atom stereocenters. The molecule has 0 radical (unpaired) electrons. The van der Waals surface area contributed by atoms with Gasteiger partial charge in [0.25, 0.3) is 0 Å². The van der Waals surface area contributed by atoms with Crippen molar-refractivity contribution in [3.63, 3.8) is 0 Å². The molecule has 0 aliphatic rings. The number of hydrogen-bond donors (Lipinski definition) is 1. The van der Waals surface area contributed by atoms with Crippen LogP contribution in [0.2, 0.25) is 5.02 Å². The lowest BCUT2D eigenvalue weighted by atomic mass is 10.0. The third-order valence-electron chi connectivity index (χ3n) is 2.36. The van der Waals surface area contributed by atoms with E-state index in [0.29, 0.717) is 11.6 Å². The molecule has 1 rings (SSSR count). The van der Waals surface area contributed by atoms with Crippen molar-refractivity contribution in [1.82, 2.24) is 0 Å². The fourth-order valence-corrected chi connectivity index (χ4v) is 1.17. The van der Waals surface area contributed by atoms with Crippen LogP contribution in [-0.2, 0) is 0 Å². The molecule has 2 N–H and O–H groups in total. The van der Waals surface area contributed by atoms with Crippen LogP contribution in [0.3, 0.4) is 0 Å². The van der Waals surface area contributed by atoms with Gasteiger partial charge in [0.1, 0.15) is 11.4 Å². The summed E-state index contributed by atoms with van der Waals surface area (Å²) >= 11 is 5.77. The SMILES string of the molecule is CCC(C)(CN)Oc1ccc(Cl)cc1. The molecule has 0 saturated heterocycles. The van der Waals surface area contributed by atoms with E-state index in [1.54, 1.807) is 0 Å². The maximum atomic E-state index is 5.77. The Bertz CT molecular complexity index is 280. The molecular weight excluding hydrogens is 198 g/mol. The lowest BCUT2D eigenvalue weighted by molar-refractivity contribution is 0.0935. The molecule has 0 heterocycles. The molecule has 2 nitrogen and oxygen atoms in total. The maximum Gasteiger partial charge on any atom is 0.120 e. The zero-order chi connectivity index (χ0) is 10.6. The molecule has 1 aromatic carbocycles. The van der Waals surface area contributed by atoms with Crippen molar-refractivity contribution in [2.45, 2.75) is 25.9 Å². The second-order valence-electron chi connectivity index (χ2n) is 3.56. The summed E-state index contributed by atoms with van der Waals surface area (Å²) in [6, 6.07) is 7.32. The first kappa shape index (κ1) is 11.3. The summed E-state index contributed by atoms with van der Waals surface area (Å²) in [5.41, 5.74) is 5.36. The summed E-state index contributed by atoms with van der Waals surface area (Å²) in [6.07, 6.45) is 0.881. The molecule has 0 saturated carbocycles. The Morgan fingerprint density at radius 3 is 2.36 bits per heavy atom. The lowest BCUT2D eigenvalue weighted by Gasteiger charge is -2.27. The highest BCUT2D eigenvalue weighted by Gasteiger charge is 2.21. The highest BCUT2D eigenvalue weighted by molar-refractivity contribution is 6.30. The zero-order valence-corrected chi connectivity index (χ0v) is 9.34. The third-order valence-corrected chi connectivity index (χ3v) is 2.61. The number of rotatable bonds is 4. The monoisotopic (exact) mass is 213 g/mol. The van der Waals surface area contributed by atoms with Gasteiger partial charge in [-0.05, 0) is 37.6 Å². The van der Waals surface area contributed by atoms with Crippen molar-refractivity contribution in [2.24, 2.45) is 5.73 Å². The van der Waals surface area contributed by atoms with Crippen molar-refractivity contribution in [3.05, 3.63) is 29.3 Å². The first-order valence-electron chi connectivity index (χ1n) is 4.74. The zero-order valence-electron chi connectivity index (χ0n) is 8.59. The normalized spacial score (nSPS) is 14.9. The van der Waals surface area contributed by atoms with Crippen LogP contribution >= 0.6 is 11.6 Å². The van der Waals surface area contributed by atoms with Crippen LogP contribution in [0.1, 0.15) is 20.3 Å². The quantitative estimate of drug-likeness (QED) is 0.835. The van der Waals surface area contributed by atoms with E-state index in [4.69, 9.17) is 22.1 Å². The van der Waals surface area contributed by atoms with E-state index in [0.717, 1.165) is 12.2 Å². The van der Waals surface area contributed by atoms with Crippen molar-refractivity contribution in [1.29, 1.82) is 0 Å². The highest BCUT2D eigenvalue weighted by atomic mass is 35.5. The number of ether oxygens (including phenoxy) is 1. The molecule has 0 fully saturated rings. The van der Waals surface area contributed by atoms with Gasteiger partial charge in [-0.25, -0.2) is 0 Å². The Morgan fingerprint density at radius 1 is 1.36 bits per heavy atom. The van der Waals surface area contributed by atoms with Gasteiger partial charge in [0, 0.05) is 11.6 Å². The van der Waals surface area contributed by atoms with Gasteiger partial charge in [-0.3, -0.25) is 0 Å². The molecule has 1 aromatic rings. The summed E-state index contributed by atoms with van der Waals surface area (Å²) in [4.78, 5) is 0. The fraction of sp³-hybridized carbons (Fsp3) is 0.455. The average Bonchev–Trinajstić information content (AvgIpc) is 2.21. The Balaban J connectivity index is 2.72. The molecule has 0 bridgehead atoms. The van der Waals surface area contributed by atoms with Crippen molar-refractivity contribution in [2.75, 3.05) is 6.54 Å². The Labute approximate surface area is 90.0 Å². The lowest BCUT2D eigenvalue weighted by Crippen LogP contribution is -2.39. The highest BCUT2D eigenvalue weighted by Crippen LogP contribution is 2.22. The molecule has 0 amide bonds. The van der Waals surface area contributed by atoms with Crippen molar-refractivity contribution >= 4 is 11.6 Å². The Hall–Kier alpha value is -0.730. The van der Waals surface area contributed by atoms with E-state index >= 15 is 0 Å². The summed E-state index contributed by atoms with van der Waals surface area (Å²) in [6.45, 7) is 4.57. The molecule has 3 heteroatoms. The molecule has 0 spiro atoms. The molecule has 0 aromatic heterocycles. The van der Waals surface area contributed by atoms with Gasteiger partial charge in [0.2, 0.25) is 0 Å². The summed E-state index contributed by atoms with van der Waals surface area (Å²) < 4.78 is 5.77. The van der Waals surface area contributed by atoms with E-state index < -0.39 is 0 Å². The van der Waals surface area contributed by atoms with Gasteiger partial charge in [-0.1, -0.05) is 18.5 Å². The first-order chi connectivity index (χ1) is 6.59. The number of nitrogens with two attached hydrogens (primary N) is 1. The van der Waals surface area contributed by atoms with Crippen molar-refractivity contribution in [3.8, 4) is 5.75 Å². The largest absolute Gasteiger partial charge is 0.486 e. The Kier molecular flexibility index (Phi) is 3.78. The second kappa shape index (κ2) is 4.67. The van der Waals surface area contributed by atoms with Crippen LogP contribution in [0, 0.1) is 0 Å². The predicted molar refractivity (Wildman–Crippen MR) is 59.8 cm³/mol. The van der Waals surface area contributed by atoms with Crippen LogP contribution in [0.25, 0.3) is 0 Å². The minimum absolute atomic E-state index is 0.284. The Morgan fingerprint density at radius 2 is 1.93 bits per heavy atom. The molecule has 14 heavy (non-hydrogen) atoms. The van der Waals surface area contributed by atoms with Gasteiger partial charge in [-0.2, -0.15) is 0 Å². The van der Waals surface area contributed by atoms with E-state index in [2.05, 4.69) is 6.92 Å². The van der Waals surface area contributed by atoms with Gasteiger partial charge in [-0.15, -0.1) is 0 Å². The van der Waals surface area contributed by atoms with Gasteiger partial charge >= 0.3 is 0 Å². The molecule has 0 aliphatic carbocycles. The third kappa shape index (κ3) is 2.89. The predicted octanol–water partition coefficient (Wildman–Crippen LogP) is 2.85. The van der Waals surface area contributed by atoms with Crippen LogP contribution in [0.5, 0.6) is 5.75 Å². The van der Waals surface area contributed by atoms with Crippen molar-refractivity contribution < 1.29 is 4.74 Å². The number of benzene rings is 1. The van der Waals surface area contributed by atoms with E-state index in [1.165, 1.54) is 0 Å². The molecular formula is C11H16ClNO. The van der Waals surface area contributed by atoms with Crippen LogP contribution in [0.4, 0.5) is 0 Å². The molecule has 78 valence electrons. The van der Waals surface area contributed by atoms with E-state index in [1.807, 2.05) is 31.2 Å². The fourth-order valence-electron chi connectivity index (χ4n) is 1.05. The van der Waals surface area contributed by atoms with Crippen LogP contribution in [0.15, 0.2) is 24.3 Å². The summed E-state index contributed by atoms with van der Waals surface area (Å²) in [5.74, 6) is 0.809. The summed E-state index contributed by atoms with van der Waals surface area (Å²) in [5, 5.41) is 0.711. The molecule has 1 atom stereocenters.